The maximum Gasteiger partial charge on any atom is 0.266 e. The molecule has 0 fully saturated rings. The number of nitriles is 1. The van der Waals surface area contributed by atoms with Crippen molar-refractivity contribution in [3.8, 4) is 22.9 Å². The number of phenols is 1. The van der Waals surface area contributed by atoms with Crippen LogP contribution in [0.5, 0.6) is 5.75 Å². The molecule has 0 bridgehead atoms. The number of aryl methyl sites for hydroxylation is 1. The summed E-state index contributed by atoms with van der Waals surface area (Å²) in [6, 6.07) is 7.95. The number of aromatic nitrogens is 1. The van der Waals surface area contributed by atoms with Crippen LogP contribution in [-0.4, -0.2) is 10.1 Å². The summed E-state index contributed by atoms with van der Waals surface area (Å²) in [5.74, 6) is 0.0313. The number of rotatable bonds is 1. The Morgan fingerprint density at radius 2 is 2.06 bits per heavy atom. The first kappa shape index (κ1) is 12.2. The highest BCUT2D eigenvalue weighted by molar-refractivity contribution is 6.33. The van der Waals surface area contributed by atoms with E-state index in [1.807, 2.05) is 6.07 Å². The van der Waals surface area contributed by atoms with Crippen molar-refractivity contribution in [2.75, 3.05) is 0 Å². The quantitative estimate of drug-likeness (QED) is 0.827. The summed E-state index contributed by atoms with van der Waals surface area (Å²) >= 11 is 6.02. The summed E-state index contributed by atoms with van der Waals surface area (Å²) in [6.45, 7) is 1.72. The number of aromatic hydroxyl groups is 1. The highest BCUT2D eigenvalue weighted by Gasteiger charge is 2.13. The van der Waals surface area contributed by atoms with Gasteiger partial charge in [0.25, 0.3) is 5.56 Å². The molecule has 2 N–H and O–H groups in total. The van der Waals surface area contributed by atoms with Crippen molar-refractivity contribution in [2.24, 2.45) is 0 Å². The Morgan fingerprint density at radius 3 is 2.67 bits per heavy atom. The first-order valence-corrected chi connectivity index (χ1v) is 5.53. The molecule has 0 aliphatic heterocycles. The summed E-state index contributed by atoms with van der Waals surface area (Å²) in [6.07, 6.45) is 0. The van der Waals surface area contributed by atoms with Crippen LogP contribution in [0, 0.1) is 18.3 Å². The summed E-state index contributed by atoms with van der Waals surface area (Å²) in [7, 11) is 0. The molecule has 0 saturated heterocycles. The third-order valence-corrected chi connectivity index (χ3v) is 2.84. The van der Waals surface area contributed by atoms with Crippen molar-refractivity contribution < 1.29 is 5.11 Å². The third-order valence-electron chi connectivity index (χ3n) is 2.52. The van der Waals surface area contributed by atoms with Crippen molar-refractivity contribution >= 4 is 11.6 Å². The maximum atomic E-state index is 11.7. The molecule has 1 aromatic carbocycles. The predicted molar refractivity (Wildman–Crippen MR) is 68.6 cm³/mol. The summed E-state index contributed by atoms with van der Waals surface area (Å²) in [5, 5.41) is 18.6. The molecule has 5 heteroatoms. The Balaban J connectivity index is 2.79. The van der Waals surface area contributed by atoms with Crippen LogP contribution in [0.25, 0.3) is 11.1 Å². The van der Waals surface area contributed by atoms with Crippen LogP contribution in [0.4, 0.5) is 0 Å². The number of nitrogens with one attached hydrogen (secondary N) is 1. The molecule has 4 nitrogen and oxygen atoms in total. The fourth-order valence-corrected chi connectivity index (χ4v) is 2.01. The molecule has 0 aliphatic carbocycles. The zero-order valence-corrected chi connectivity index (χ0v) is 10.2. The fourth-order valence-electron chi connectivity index (χ4n) is 1.73. The predicted octanol–water partition coefficient (Wildman–Crippen LogP) is 2.58. The first-order valence-electron chi connectivity index (χ1n) is 5.16. The molecule has 0 spiro atoms. The number of hydrogen-bond donors (Lipinski definition) is 2. The van der Waals surface area contributed by atoms with Gasteiger partial charge in [-0.1, -0.05) is 11.6 Å². The van der Waals surface area contributed by atoms with Crippen molar-refractivity contribution in [1.82, 2.24) is 4.98 Å². The number of benzene rings is 1. The standard InChI is InChI=1S/C13H9ClN2O2/c1-7-4-10(11(6-15)13(18)16-7)9-3-2-8(17)5-12(9)14/h2-5,17H,1H3,(H,16,18). The molecule has 0 saturated carbocycles. The molecule has 90 valence electrons. The van der Waals surface area contributed by atoms with E-state index in [-0.39, 0.29) is 16.3 Å². The number of hydrogen-bond acceptors (Lipinski definition) is 3. The minimum Gasteiger partial charge on any atom is -0.508 e. The number of aromatic amines is 1. The van der Waals surface area contributed by atoms with Crippen LogP contribution in [0.15, 0.2) is 29.1 Å². The van der Waals surface area contributed by atoms with Gasteiger partial charge in [-0.2, -0.15) is 5.26 Å². The Bertz CT molecular complexity index is 714. The number of H-pyrrole nitrogens is 1. The molecule has 0 unspecified atom stereocenters. The second-order valence-corrected chi connectivity index (χ2v) is 4.25. The Kier molecular flexibility index (Phi) is 3.09. The Morgan fingerprint density at radius 1 is 1.33 bits per heavy atom. The normalized spacial score (nSPS) is 10.1. The van der Waals surface area contributed by atoms with Crippen molar-refractivity contribution in [1.29, 1.82) is 5.26 Å². The molecule has 1 heterocycles. The van der Waals surface area contributed by atoms with E-state index in [4.69, 9.17) is 16.9 Å². The van der Waals surface area contributed by atoms with Crippen LogP contribution in [0.2, 0.25) is 5.02 Å². The lowest BCUT2D eigenvalue weighted by atomic mass is 10.0. The van der Waals surface area contributed by atoms with E-state index >= 15 is 0 Å². The van der Waals surface area contributed by atoms with Gasteiger partial charge in [-0.15, -0.1) is 0 Å². The number of phenolic OH excluding ortho intramolecular Hbond substituents is 1. The van der Waals surface area contributed by atoms with Gasteiger partial charge in [0.1, 0.15) is 17.4 Å². The molecular formula is C13H9ClN2O2. The van der Waals surface area contributed by atoms with Gasteiger partial charge in [0.2, 0.25) is 0 Å². The van der Waals surface area contributed by atoms with Crippen molar-refractivity contribution in [3.63, 3.8) is 0 Å². The number of pyridine rings is 1. The summed E-state index contributed by atoms with van der Waals surface area (Å²) in [5.41, 5.74) is 1.20. The smallest absolute Gasteiger partial charge is 0.266 e. The molecule has 1 aromatic heterocycles. The monoisotopic (exact) mass is 260 g/mol. The van der Waals surface area contributed by atoms with Gasteiger partial charge >= 0.3 is 0 Å². The minimum absolute atomic E-state index is 0.00758. The summed E-state index contributed by atoms with van der Waals surface area (Å²) < 4.78 is 0. The second kappa shape index (κ2) is 4.55. The van der Waals surface area contributed by atoms with E-state index in [9.17, 15) is 9.90 Å². The summed E-state index contributed by atoms with van der Waals surface area (Å²) in [4.78, 5) is 14.2. The zero-order chi connectivity index (χ0) is 13.3. The maximum absolute atomic E-state index is 11.7. The van der Waals surface area contributed by atoms with Crippen LogP contribution in [0.3, 0.4) is 0 Å². The largest absolute Gasteiger partial charge is 0.508 e. The van der Waals surface area contributed by atoms with Gasteiger partial charge in [-0.25, -0.2) is 0 Å². The van der Waals surface area contributed by atoms with E-state index in [0.29, 0.717) is 16.8 Å². The highest BCUT2D eigenvalue weighted by Crippen LogP contribution is 2.31. The molecule has 18 heavy (non-hydrogen) atoms. The van der Waals surface area contributed by atoms with Gasteiger partial charge in [-0.05, 0) is 31.2 Å². The third kappa shape index (κ3) is 2.08. The van der Waals surface area contributed by atoms with E-state index in [2.05, 4.69) is 4.98 Å². The van der Waals surface area contributed by atoms with Crippen LogP contribution in [0.1, 0.15) is 11.3 Å². The molecule has 0 amide bonds. The molecule has 2 rings (SSSR count). The van der Waals surface area contributed by atoms with Gasteiger partial charge in [0.15, 0.2) is 0 Å². The Hall–Kier alpha value is -2.25. The zero-order valence-electron chi connectivity index (χ0n) is 9.49. The molecule has 2 aromatic rings. The molecule has 0 aliphatic rings. The molecule has 0 radical (unpaired) electrons. The first-order chi connectivity index (χ1) is 8.52. The highest BCUT2D eigenvalue weighted by atomic mass is 35.5. The van der Waals surface area contributed by atoms with Crippen LogP contribution in [-0.2, 0) is 0 Å². The molecular weight excluding hydrogens is 252 g/mol. The number of halogens is 1. The van der Waals surface area contributed by atoms with Crippen molar-refractivity contribution in [3.05, 3.63) is 50.9 Å². The topological polar surface area (TPSA) is 76.9 Å². The SMILES string of the molecule is Cc1cc(-c2ccc(O)cc2Cl)c(C#N)c(=O)[nH]1. The average Bonchev–Trinajstić information content (AvgIpc) is 2.28. The molecule has 0 atom stereocenters. The van der Waals surface area contributed by atoms with E-state index in [1.54, 1.807) is 19.1 Å². The van der Waals surface area contributed by atoms with E-state index in [1.165, 1.54) is 12.1 Å². The lowest BCUT2D eigenvalue weighted by molar-refractivity contribution is 0.475. The van der Waals surface area contributed by atoms with Gasteiger partial charge < -0.3 is 10.1 Å². The fraction of sp³-hybridized carbons (Fsp3) is 0.0769. The average molecular weight is 261 g/mol. The van der Waals surface area contributed by atoms with E-state index < -0.39 is 5.56 Å². The van der Waals surface area contributed by atoms with Gasteiger partial charge in [0, 0.05) is 16.8 Å². The second-order valence-electron chi connectivity index (χ2n) is 3.85. The van der Waals surface area contributed by atoms with Crippen molar-refractivity contribution in [2.45, 2.75) is 6.92 Å². The Labute approximate surface area is 108 Å². The number of nitrogens with zero attached hydrogens (tertiary/aromatic N) is 1. The van der Waals surface area contributed by atoms with E-state index in [0.717, 1.165) is 0 Å². The lowest BCUT2D eigenvalue weighted by Crippen LogP contribution is -2.12. The van der Waals surface area contributed by atoms with Crippen LogP contribution < -0.4 is 5.56 Å². The van der Waals surface area contributed by atoms with Gasteiger partial charge in [-0.3, -0.25) is 4.79 Å². The van der Waals surface area contributed by atoms with Crippen LogP contribution >= 0.6 is 11.6 Å². The minimum atomic E-state index is -0.448. The lowest BCUT2D eigenvalue weighted by Gasteiger charge is -2.07. The van der Waals surface area contributed by atoms with Gasteiger partial charge in [0.05, 0.1) is 5.02 Å².